The van der Waals surface area contributed by atoms with Crippen molar-refractivity contribution in [2.75, 3.05) is 20.7 Å². The van der Waals surface area contributed by atoms with E-state index in [-0.39, 0.29) is 0 Å². The molecule has 0 aliphatic heterocycles. The first-order chi connectivity index (χ1) is 9.40. The van der Waals surface area contributed by atoms with Crippen molar-refractivity contribution in [1.82, 2.24) is 4.90 Å². The van der Waals surface area contributed by atoms with Crippen LogP contribution in [0.1, 0.15) is 19.4 Å². The highest BCUT2D eigenvalue weighted by molar-refractivity contribution is 5.87. The average molecular weight is 273 g/mol. The van der Waals surface area contributed by atoms with Crippen molar-refractivity contribution < 1.29 is 9.84 Å². The number of hydrogen-bond acceptors (Lipinski definition) is 3. The maximum Gasteiger partial charge on any atom is 0.123 e. The van der Waals surface area contributed by atoms with E-state index in [4.69, 9.17) is 4.74 Å². The summed E-state index contributed by atoms with van der Waals surface area (Å²) in [4.78, 5) is 2.12. The Bertz CT molecular complexity index is 587. The van der Waals surface area contributed by atoms with E-state index >= 15 is 0 Å². The zero-order chi connectivity index (χ0) is 14.8. The molecule has 0 saturated heterocycles. The first-order valence-electron chi connectivity index (χ1n) is 6.86. The van der Waals surface area contributed by atoms with Gasteiger partial charge in [0, 0.05) is 18.7 Å². The molecular formula is C17H23NO2. The van der Waals surface area contributed by atoms with Crippen LogP contribution in [0.2, 0.25) is 0 Å². The average Bonchev–Trinajstić information content (AvgIpc) is 2.37. The third-order valence-electron chi connectivity index (χ3n) is 3.30. The molecule has 108 valence electrons. The number of aliphatic hydroxyl groups is 1. The monoisotopic (exact) mass is 273 g/mol. The normalized spacial score (nSPS) is 12.1. The van der Waals surface area contributed by atoms with Crippen LogP contribution in [0.25, 0.3) is 10.8 Å². The van der Waals surface area contributed by atoms with Gasteiger partial charge in [0.25, 0.3) is 0 Å². The quantitative estimate of drug-likeness (QED) is 0.909. The Balaban J connectivity index is 2.36. The molecule has 0 aliphatic rings. The SMILES string of the molecule is COc1ccc2ccccc2c1CN(C)CC(C)(C)O. The molecule has 1 N–H and O–H groups in total. The van der Waals surface area contributed by atoms with Crippen LogP contribution in [0.5, 0.6) is 5.75 Å². The topological polar surface area (TPSA) is 32.7 Å². The van der Waals surface area contributed by atoms with E-state index < -0.39 is 5.60 Å². The summed E-state index contributed by atoms with van der Waals surface area (Å²) in [6.07, 6.45) is 0. The molecule has 0 aliphatic carbocycles. The van der Waals surface area contributed by atoms with Gasteiger partial charge < -0.3 is 9.84 Å². The van der Waals surface area contributed by atoms with E-state index in [2.05, 4.69) is 23.1 Å². The maximum absolute atomic E-state index is 9.93. The van der Waals surface area contributed by atoms with Crippen molar-refractivity contribution in [3.8, 4) is 5.75 Å². The second-order valence-corrected chi connectivity index (χ2v) is 5.95. The lowest BCUT2D eigenvalue weighted by atomic mass is 10.0. The Morgan fingerprint density at radius 2 is 1.85 bits per heavy atom. The van der Waals surface area contributed by atoms with Crippen LogP contribution in [-0.4, -0.2) is 36.3 Å². The minimum Gasteiger partial charge on any atom is -0.496 e. The summed E-state index contributed by atoms with van der Waals surface area (Å²) < 4.78 is 5.50. The Labute approximate surface area is 120 Å². The van der Waals surface area contributed by atoms with Crippen molar-refractivity contribution in [1.29, 1.82) is 0 Å². The molecule has 2 aromatic rings. The fraction of sp³-hybridized carbons (Fsp3) is 0.412. The van der Waals surface area contributed by atoms with E-state index in [1.807, 2.05) is 39.1 Å². The van der Waals surface area contributed by atoms with Crippen molar-refractivity contribution >= 4 is 10.8 Å². The van der Waals surface area contributed by atoms with Gasteiger partial charge in [-0.3, -0.25) is 4.90 Å². The summed E-state index contributed by atoms with van der Waals surface area (Å²) in [6.45, 7) is 5.00. The maximum atomic E-state index is 9.93. The molecule has 0 radical (unpaired) electrons. The summed E-state index contributed by atoms with van der Waals surface area (Å²) in [5.74, 6) is 0.895. The van der Waals surface area contributed by atoms with Gasteiger partial charge in [-0.25, -0.2) is 0 Å². The van der Waals surface area contributed by atoms with Crippen molar-refractivity contribution in [3.05, 3.63) is 42.0 Å². The first kappa shape index (κ1) is 14.8. The summed E-state index contributed by atoms with van der Waals surface area (Å²) in [5, 5.41) is 12.3. The van der Waals surface area contributed by atoms with E-state index in [0.29, 0.717) is 6.54 Å². The van der Waals surface area contributed by atoms with Gasteiger partial charge in [0.05, 0.1) is 12.7 Å². The molecule has 0 aromatic heterocycles. The summed E-state index contributed by atoms with van der Waals surface area (Å²) >= 11 is 0. The number of nitrogens with zero attached hydrogens (tertiary/aromatic N) is 1. The van der Waals surface area contributed by atoms with Crippen LogP contribution in [-0.2, 0) is 6.54 Å². The van der Waals surface area contributed by atoms with Gasteiger partial charge >= 0.3 is 0 Å². The molecule has 0 spiro atoms. The van der Waals surface area contributed by atoms with E-state index in [0.717, 1.165) is 17.9 Å². The zero-order valence-electron chi connectivity index (χ0n) is 12.7. The zero-order valence-corrected chi connectivity index (χ0v) is 12.7. The largest absolute Gasteiger partial charge is 0.496 e. The van der Waals surface area contributed by atoms with Gasteiger partial charge in [0.2, 0.25) is 0 Å². The van der Waals surface area contributed by atoms with Crippen LogP contribution in [0, 0.1) is 0 Å². The van der Waals surface area contributed by atoms with Crippen molar-refractivity contribution in [3.63, 3.8) is 0 Å². The number of ether oxygens (including phenoxy) is 1. The lowest BCUT2D eigenvalue weighted by Crippen LogP contribution is -2.35. The summed E-state index contributed by atoms with van der Waals surface area (Å²) in [7, 11) is 3.71. The Morgan fingerprint density at radius 1 is 1.15 bits per heavy atom. The molecule has 20 heavy (non-hydrogen) atoms. The van der Waals surface area contributed by atoms with E-state index in [9.17, 15) is 5.11 Å². The second kappa shape index (κ2) is 5.81. The van der Waals surface area contributed by atoms with Crippen LogP contribution in [0.15, 0.2) is 36.4 Å². The molecule has 0 bridgehead atoms. The van der Waals surface area contributed by atoms with Crippen LogP contribution >= 0.6 is 0 Å². The van der Waals surface area contributed by atoms with Gasteiger partial charge in [0.1, 0.15) is 5.75 Å². The Morgan fingerprint density at radius 3 is 2.50 bits per heavy atom. The van der Waals surface area contributed by atoms with Gasteiger partial charge in [-0.2, -0.15) is 0 Å². The third kappa shape index (κ3) is 3.50. The highest BCUT2D eigenvalue weighted by Gasteiger charge is 2.17. The van der Waals surface area contributed by atoms with Gasteiger partial charge in [0.15, 0.2) is 0 Å². The number of methoxy groups -OCH3 is 1. The van der Waals surface area contributed by atoms with Gasteiger partial charge in [-0.15, -0.1) is 0 Å². The van der Waals surface area contributed by atoms with Crippen LogP contribution < -0.4 is 4.74 Å². The van der Waals surface area contributed by atoms with Gasteiger partial charge in [-0.05, 0) is 37.7 Å². The molecule has 2 aromatic carbocycles. The number of fused-ring (bicyclic) bond motifs is 1. The van der Waals surface area contributed by atoms with Crippen LogP contribution in [0.4, 0.5) is 0 Å². The van der Waals surface area contributed by atoms with Crippen molar-refractivity contribution in [2.24, 2.45) is 0 Å². The molecular weight excluding hydrogens is 250 g/mol. The minimum atomic E-state index is -0.702. The molecule has 2 rings (SSSR count). The number of hydrogen-bond donors (Lipinski definition) is 1. The number of benzene rings is 2. The smallest absolute Gasteiger partial charge is 0.123 e. The molecule has 3 heteroatoms. The lowest BCUT2D eigenvalue weighted by Gasteiger charge is -2.26. The Hall–Kier alpha value is -1.58. The second-order valence-electron chi connectivity index (χ2n) is 5.95. The fourth-order valence-electron chi connectivity index (χ4n) is 2.66. The Kier molecular flexibility index (Phi) is 4.31. The standard InChI is InChI=1S/C17H23NO2/c1-17(2,19)12-18(3)11-15-14-8-6-5-7-13(14)9-10-16(15)20-4/h5-10,19H,11-12H2,1-4H3. The molecule has 0 unspecified atom stereocenters. The predicted molar refractivity (Wildman–Crippen MR) is 83.1 cm³/mol. The van der Waals surface area contributed by atoms with E-state index in [1.54, 1.807) is 7.11 Å². The molecule has 0 amide bonds. The first-order valence-corrected chi connectivity index (χ1v) is 6.86. The van der Waals surface area contributed by atoms with Crippen molar-refractivity contribution in [2.45, 2.75) is 26.0 Å². The molecule has 0 fully saturated rings. The highest BCUT2D eigenvalue weighted by atomic mass is 16.5. The molecule has 0 saturated carbocycles. The molecule has 3 nitrogen and oxygen atoms in total. The number of rotatable bonds is 5. The van der Waals surface area contributed by atoms with Gasteiger partial charge in [-0.1, -0.05) is 30.3 Å². The predicted octanol–water partition coefficient (Wildman–Crippen LogP) is 3.05. The minimum absolute atomic E-state index is 0.610. The number of likely N-dealkylation sites (N-methyl/N-ethyl adjacent to an activating group) is 1. The summed E-state index contributed by atoms with van der Waals surface area (Å²) in [5.41, 5.74) is 0.462. The van der Waals surface area contributed by atoms with E-state index in [1.165, 1.54) is 10.8 Å². The fourth-order valence-corrected chi connectivity index (χ4v) is 2.66. The highest BCUT2D eigenvalue weighted by Crippen LogP contribution is 2.29. The van der Waals surface area contributed by atoms with Crippen LogP contribution in [0.3, 0.4) is 0 Å². The third-order valence-corrected chi connectivity index (χ3v) is 3.30. The lowest BCUT2D eigenvalue weighted by molar-refractivity contribution is 0.0424. The summed E-state index contributed by atoms with van der Waals surface area (Å²) in [6, 6.07) is 12.4. The molecule has 0 atom stereocenters. The molecule has 0 heterocycles.